The Labute approximate surface area is 204 Å². The molecule has 2 aliphatic rings. The second kappa shape index (κ2) is 9.65. The number of sulfone groups is 1. The zero-order chi connectivity index (χ0) is 26.0. The number of amides is 2. The summed E-state index contributed by atoms with van der Waals surface area (Å²) in [5.41, 5.74) is -0.431. The van der Waals surface area contributed by atoms with Gasteiger partial charge in [0.25, 0.3) is 17.5 Å². The molecule has 0 spiro atoms. The standard InChI is InChI=1S/C22H19N3O10S/c26-16-12-36(32,33)21-18(23-17(27)11-34-15-4-2-1-3-5-15)20(28)24(21)19(16)22(29)35-10-13-6-8-14(9-7-13)25(30)31/h1-9,18,21,26H,10-12H2,(H,23,27)/t18?,21-/m0/s1. The van der Waals surface area contributed by atoms with Gasteiger partial charge >= 0.3 is 5.97 Å². The maximum atomic E-state index is 12.7. The van der Waals surface area contributed by atoms with Crippen LogP contribution in [0.15, 0.2) is 66.1 Å². The Hall–Kier alpha value is -4.46. The number of hydrogen-bond acceptors (Lipinski definition) is 10. The van der Waals surface area contributed by atoms with Gasteiger partial charge in [0, 0.05) is 12.1 Å². The second-order valence-electron chi connectivity index (χ2n) is 7.85. The SMILES string of the molecule is O=C(COc1ccccc1)NC1C(=O)N2C(C(=O)OCc3ccc([N+](=O)[O-])cc3)=C(O)CS(=O)(=O)[C@@H]12. The number of non-ortho nitro benzene ring substituents is 1. The number of fused-ring (bicyclic) bond motifs is 1. The van der Waals surface area contributed by atoms with Gasteiger partial charge in [-0.05, 0) is 29.8 Å². The number of ether oxygens (including phenoxy) is 2. The fraction of sp³-hybridized carbons (Fsp3) is 0.227. The van der Waals surface area contributed by atoms with Crippen LogP contribution in [0.2, 0.25) is 0 Å². The summed E-state index contributed by atoms with van der Waals surface area (Å²) >= 11 is 0. The van der Waals surface area contributed by atoms with Gasteiger partial charge in [-0.25, -0.2) is 13.2 Å². The van der Waals surface area contributed by atoms with Crippen LogP contribution in [-0.4, -0.2) is 64.9 Å². The third kappa shape index (κ3) is 4.84. The first-order valence-corrected chi connectivity index (χ1v) is 12.1. The van der Waals surface area contributed by atoms with Crippen LogP contribution in [0.3, 0.4) is 0 Å². The molecule has 0 saturated carbocycles. The van der Waals surface area contributed by atoms with Gasteiger partial charge in [0.05, 0.1) is 4.92 Å². The lowest BCUT2D eigenvalue weighted by Crippen LogP contribution is -2.75. The van der Waals surface area contributed by atoms with E-state index in [4.69, 9.17) is 9.47 Å². The topological polar surface area (TPSA) is 182 Å². The van der Waals surface area contributed by atoms with Crippen LogP contribution >= 0.6 is 0 Å². The summed E-state index contributed by atoms with van der Waals surface area (Å²) in [7, 11) is -4.14. The normalized spacial score (nSPS) is 20.1. The van der Waals surface area contributed by atoms with E-state index in [0.29, 0.717) is 16.2 Å². The van der Waals surface area contributed by atoms with Crippen molar-refractivity contribution in [3.63, 3.8) is 0 Å². The van der Waals surface area contributed by atoms with E-state index in [-0.39, 0.29) is 12.3 Å². The number of carbonyl (C=O) groups is 3. The fourth-order valence-electron chi connectivity index (χ4n) is 3.71. The first-order valence-electron chi connectivity index (χ1n) is 10.4. The first-order chi connectivity index (χ1) is 17.1. The van der Waals surface area contributed by atoms with Gasteiger partial charge in [0.1, 0.15) is 29.9 Å². The Morgan fingerprint density at radius 1 is 1.14 bits per heavy atom. The van der Waals surface area contributed by atoms with Gasteiger partial charge in [-0.15, -0.1) is 0 Å². The molecule has 2 aliphatic heterocycles. The summed E-state index contributed by atoms with van der Waals surface area (Å²) in [6.45, 7) is -0.837. The maximum absolute atomic E-state index is 12.7. The molecule has 2 heterocycles. The number of aliphatic hydroxyl groups is 1. The van der Waals surface area contributed by atoms with E-state index in [1.165, 1.54) is 24.3 Å². The van der Waals surface area contributed by atoms with E-state index >= 15 is 0 Å². The van der Waals surface area contributed by atoms with Gasteiger partial charge in [0.2, 0.25) is 0 Å². The van der Waals surface area contributed by atoms with Crippen LogP contribution in [0.5, 0.6) is 5.75 Å². The summed E-state index contributed by atoms with van der Waals surface area (Å²) in [4.78, 5) is 48.3. The highest BCUT2D eigenvalue weighted by molar-refractivity contribution is 7.92. The van der Waals surface area contributed by atoms with Crippen LogP contribution in [0.1, 0.15) is 5.56 Å². The molecule has 0 aliphatic carbocycles. The molecule has 2 aromatic rings. The van der Waals surface area contributed by atoms with Gasteiger partial charge < -0.3 is 19.9 Å². The number of nitrogens with zero attached hydrogens (tertiary/aromatic N) is 2. The predicted octanol–water partition coefficient (Wildman–Crippen LogP) is 0.568. The minimum absolute atomic E-state index is 0.167. The number of rotatable bonds is 8. The molecule has 1 fully saturated rings. The average molecular weight is 517 g/mol. The number of benzene rings is 2. The molecule has 2 N–H and O–H groups in total. The number of β-lactam (4-membered cyclic amide) rings is 1. The summed E-state index contributed by atoms with van der Waals surface area (Å²) in [6, 6.07) is 12.0. The Bertz CT molecular complexity index is 1360. The van der Waals surface area contributed by atoms with Crippen molar-refractivity contribution >= 4 is 33.3 Å². The zero-order valence-corrected chi connectivity index (χ0v) is 19.2. The van der Waals surface area contributed by atoms with E-state index in [9.17, 15) is 38.0 Å². The van der Waals surface area contributed by atoms with Crippen molar-refractivity contribution in [1.29, 1.82) is 0 Å². The van der Waals surface area contributed by atoms with Crippen molar-refractivity contribution in [1.82, 2.24) is 10.2 Å². The minimum Gasteiger partial charge on any atom is -0.509 e. The number of hydrogen-bond donors (Lipinski definition) is 2. The van der Waals surface area contributed by atoms with Crippen molar-refractivity contribution < 1.29 is 42.3 Å². The molecule has 1 saturated heterocycles. The van der Waals surface area contributed by atoms with Crippen LogP contribution < -0.4 is 10.1 Å². The van der Waals surface area contributed by atoms with Crippen LogP contribution in [0, 0.1) is 10.1 Å². The number of para-hydroxylation sites is 1. The van der Waals surface area contributed by atoms with E-state index in [0.717, 1.165) is 0 Å². The Morgan fingerprint density at radius 3 is 2.44 bits per heavy atom. The molecule has 188 valence electrons. The highest BCUT2D eigenvalue weighted by Crippen LogP contribution is 2.36. The van der Waals surface area contributed by atoms with Crippen molar-refractivity contribution in [3.8, 4) is 5.75 Å². The lowest BCUT2D eigenvalue weighted by molar-refractivity contribution is -0.384. The lowest BCUT2D eigenvalue weighted by Gasteiger charge is -2.48. The lowest BCUT2D eigenvalue weighted by atomic mass is 10.0. The van der Waals surface area contributed by atoms with Gasteiger partial charge in [0.15, 0.2) is 27.5 Å². The summed E-state index contributed by atoms with van der Waals surface area (Å²) in [6.07, 6.45) is 0. The molecule has 2 aromatic carbocycles. The van der Waals surface area contributed by atoms with Crippen molar-refractivity contribution in [2.24, 2.45) is 0 Å². The molecule has 14 heteroatoms. The van der Waals surface area contributed by atoms with E-state index in [2.05, 4.69) is 5.32 Å². The number of carbonyl (C=O) groups excluding carboxylic acids is 3. The third-order valence-corrected chi connectivity index (χ3v) is 7.30. The fourth-order valence-corrected chi connectivity index (χ4v) is 5.53. The van der Waals surface area contributed by atoms with Gasteiger partial charge in [-0.1, -0.05) is 18.2 Å². The van der Waals surface area contributed by atoms with E-state index in [1.807, 2.05) is 0 Å². The molecule has 0 aromatic heterocycles. The molecule has 2 atom stereocenters. The number of nitrogens with one attached hydrogen (secondary N) is 1. The summed E-state index contributed by atoms with van der Waals surface area (Å²) in [5.74, 6) is -4.26. The van der Waals surface area contributed by atoms with Gasteiger partial charge in [-0.2, -0.15) is 0 Å². The predicted molar refractivity (Wildman–Crippen MR) is 121 cm³/mol. The van der Waals surface area contributed by atoms with Crippen LogP contribution in [0.25, 0.3) is 0 Å². The molecule has 4 rings (SSSR count). The molecule has 0 radical (unpaired) electrons. The molecule has 0 bridgehead atoms. The van der Waals surface area contributed by atoms with E-state index in [1.54, 1.807) is 30.3 Å². The van der Waals surface area contributed by atoms with Gasteiger partial charge in [-0.3, -0.25) is 24.6 Å². The van der Waals surface area contributed by atoms with Crippen molar-refractivity contribution in [3.05, 3.63) is 81.7 Å². The minimum atomic E-state index is -4.14. The van der Waals surface area contributed by atoms with Crippen molar-refractivity contribution in [2.75, 3.05) is 12.4 Å². The smallest absolute Gasteiger partial charge is 0.358 e. The molecule has 13 nitrogen and oxygen atoms in total. The Balaban J connectivity index is 1.43. The Morgan fingerprint density at radius 2 is 1.81 bits per heavy atom. The highest BCUT2D eigenvalue weighted by Gasteiger charge is 2.61. The molecular weight excluding hydrogens is 498 g/mol. The maximum Gasteiger partial charge on any atom is 0.358 e. The third-order valence-electron chi connectivity index (χ3n) is 5.40. The molecule has 2 amide bonds. The Kier molecular flexibility index (Phi) is 6.61. The van der Waals surface area contributed by atoms with Crippen LogP contribution in [-0.2, 0) is 35.6 Å². The van der Waals surface area contributed by atoms with Crippen LogP contribution in [0.4, 0.5) is 5.69 Å². The largest absolute Gasteiger partial charge is 0.509 e. The summed E-state index contributed by atoms with van der Waals surface area (Å²) in [5, 5.41) is 21.6. The quantitative estimate of drug-likeness (QED) is 0.217. The number of nitro groups is 1. The number of aliphatic hydroxyl groups excluding tert-OH is 1. The monoisotopic (exact) mass is 517 g/mol. The number of nitro benzene ring substituents is 1. The van der Waals surface area contributed by atoms with Crippen molar-refractivity contribution in [2.45, 2.75) is 18.0 Å². The molecule has 1 unspecified atom stereocenters. The molecule has 36 heavy (non-hydrogen) atoms. The molecular formula is C22H19N3O10S. The average Bonchev–Trinajstić information content (AvgIpc) is 2.84. The summed E-state index contributed by atoms with van der Waals surface area (Å²) < 4.78 is 35.6. The second-order valence-corrected chi connectivity index (χ2v) is 9.95. The zero-order valence-electron chi connectivity index (χ0n) is 18.4. The number of esters is 1. The highest BCUT2D eigenvalue weighted by atomic mass is 32.2. The first kappa shape index (κ1) is 24.7. The van der Waals surface area contributed by atoms with E-state index < -0.39 is 67.8 Å².